The average molecular weight is 355 g/mol. The fourth-order valence-corrected chi connectivity index (χ4v) is 4.60. The maximum absolute atomic E-state index is 12.5. The van der Waals surface area contributed by atoms with Gasteiger partial charge in [0.05, 0.1) is 18.4 Å². The van der Waals surface area contributed by atoms with Gasteiger partial charge < -0.3 is 10.4 Å². The Balaban J connectivity index is 1.42. The summed E-state index contributed by atoms with van der Waals surface area (Å²) in [5, 5.41) is 22.1. The van der Waals surface area contributed by atoms with Crippen LogP contribution in [0.2, 0.25) is 0 Å². The number of amides is 1. The smallest absolute Gasteiger partial charge is 0.307 e. The normalized spacial score (nSPS) is 26.7. The number of hydrogen-bond acceptors (Lipinski definition) is 5. The predicted octanol–water partition coefficient (Wildman–Crippen LogP) is 2.34. The molecule has 25 heavy (non-hydrogen) atoms. The number of allylic oxidation sites excluding steroid dienone is 2. The number of rotatable bonds is 5. The van der Waals surface area contributed by atoms with Crippen LogP contribution in [0.15, 0.2) is 42.5 Å². The molecular weight excluding hydrogens is 338 g/mol. The van der Waals surface area contributed by atoms with Crippen LogP contribution < -0.4 is 5.32 Å². The molecule has 0 saturated heterocycles. The summed E-state index contributed by atoms with van der Waals surface area (Å²) in [4.78, 5) is 24.1. The Bertz CT molecular complexity index is 833. The van der Waals surface area contributed by atoms with Crippen LogP contribution in [0, 0.1) is 23.7 Å². The van der Waals surface area contributed by atoms with Crippen molar-refractivity contribution < 1.29 is 14.7 Å². The number of carbonyl (C=O) groups is 2. The zero-order valence-corrected chi connectivity index (χ0v) is 14.1. The first kappa shape index (κ1) is 16.0. The minimum absolute atomic E-state index is 0.0236. The molecule has 7 heteroatoms. The second-order valence-electron chi connectivity index (χ2n) is 6.42. The third-order valence-electron chi connectivity index (χ3n) is 4.95. The molecular formula is C18H17N3O3S. The van der Waals surface area contributed by atoms with E-state index in [1.54, 1.807) is 0 Å². The number of nitrogens with zero attached hydrogens (tertiary/aromatic N) is 2. The number of aromatic nitrogens is 2. The van der Waals surface area contributed by atoms with Crippen molar-refractivity contribution in [2.75, 3.05) is 0 Å². The quantitative estimate of drug-likeness (QED) is 0.803. The van der Waals surface area contributed by atoms with Crippen LogP contribution in [0.5, 0.6) is 0 Å². The van der Waals surface area contributed by atoms with Crippen LogP contribution in [0.25, 0.3) is 10.6 Å². The first-order chi connectivity index (χ1) is 12.1. The molecule has 1 fully saturated rings. The Morgan fingerprint density at radius 1 is 1.12 bits per heavy atom. The van der Waals surface area contributed by atoms with Gasteiger partial charge in [0.1, 0.15) is 10.0 Å². The molecule has 4 unspecified atom stereocenters. The Labute approximate surface area is 148 Å². The highest BCUT2D eigenvalue weighted by molar-refractivity contribution is 7.14. The first-order valence-corrected chi connectivity index (χ1v) is 9.02. The van der Waals surface area contributed by atoms with E-state index in [-0.39, 0.29) is 24.3 Å². The molecule has 0 spiro atoms. The lowest BCUT2D eigenvalue weighted by atomic mass is 9.82. The number of carbonyl (C=O) groups excluding carboxylic acids is 1. The maximum atomic E-state index is 12.5. The molecule has 1 aromatic carbocycles. The highest BCUT2D eigenvalue weighted by Crippen LogP contribution is 2.48. The summed E-state index contributed by atoms with van der Waals surface area (Å²) in [6, 6.07) is 9.73. The van der Waals surface area contributed by atoms with Gasteiger partial charge in [0.25, 0.3) is 0 Å². The van der Waals surface area contributed by atoms with Gasteiger partial charge in [0.15, 0.2) is 0 Å². The van der Waals surface area contributed by atoms with E-state index in [1.807, 2.05) is 42.5 Å². The summed E-state index contributed by atoms with van der Waals surface area (Å²) in [6.45, 7) is 0.271. The molecule has 4 atom stereocenters. The molecule has 4 rings (SSSR count). The lowest BCUT2D eigenvalue weighted by molar-refractivity contribution is -0.147. The molecule has 2 aromatic rings. The van der Waals surface area contributed by atoms with Gasteiger partial charge >= 0.3 is 5.97 Å². The lowest BCUT2D eigenvalue weighted by Crippen LogP contribution is -2.39. The van der Waals surface area contributed by atoms with Crippen molar-refractivity contribution in [3.05, 3.63) is 47.5 Å². The molecule has 1 amide bonds. The van der Waals surface area contributed by atoms with E-state index in [0.29, 0.717) is 5.01 Å². The first-order valence-electron chi connectivity index (χ1n) is 8.20. The van der Waals surface area contributed by atoms with Gasteiger partial charge in [-0.3, -0.25) is 9.59 Å². The van der Waals surface area contributed by atoms with E-state index in [4.69, 9.17) is 0 Å². The zero-order chi connectivity index (χ0) is 17.4. The van der Waals surface area contributed by atoms with E-state index >= 15 is 0 Å². The highest BCUT2D eigenvalue weighted by atomic mass is 32.1. The summed E-state index contributed by atoms with van der Waals surface area (Å²) < 4.78 is 0. The molecule has 0 radical (unpaired) electrons. The fourth-order valence-electron chi connectivity index (χ4n) is 3.82. The van der Waals surface area contributed by atoms with Gasteiger partial charge in [-0.1, -0.05) is 53.8 Å². The van der Waals surface area contributed by atoms with Gasteiger partial charge in [-0.25, -0.2) is 0 Å². The SMILES string of the molecule is O=C(O)C1C2C=CC(C2)C1C(=O)NCc1nnc(-c2ccccc2)s1. The second-order valence-corrected chi connectivity index (χ2v) is 7.48. The van der Waals surface area contributed by atoms with E-state index < -0.39 is 17.8 Å². The van der Waals surface area contributed by atoms with Crippen molar-refractivity contribution in [2.45, 2.75) is 13.0 Å². The van der Waals surface area contributed by atoms with Crippen molar-refractivity contribution in [2.24, 2.45) is 23.7 Å². The number of carboxylic acids is 1. The topological polar surface area (TPSA) is 92.2 Å². The molecule has 6 nitrogen and oxygen atoms in total. The van der Waals surface area contributed by atoms with E-state index in [9.17, 15) is 14.7 Å². The van der Waals surface area contributed by atoms with E-state index in [0.717, 1.165) is 17.0 Å². The summed E-state index contributed by atoms with van der Waals surface area (Å²) in [5.41, 5.74) is 0.988. The zero-order valence-electron chi connectivity index (χ0n) is 13.3. The highest BCUT2D eigenvalue weighted by Gasteiger charge is 2.51. The van der Waals surface area contributed by atoms with Gasteiger partial charge in [0.2, 0.25) is 5.91 Å². The van der Waals surface area contributed by atoms with Crippen molar-refractivity contribution in [1.82, 2.24) is 15.5 Å². The van der Waals surface area contributed by atoms with Crippen molar-refractivity contribution >= 4 is 23.2 Å². The predicted molar refractivity (Wildman–Crippen MR) is 92.5 cm³/mol. The minimum atomic E-state index is -0.890. The molecule has 2 aliphatic carbocycles. The van der Waals surface area contributed by atoms with E-state index in [1.165, 1.54) is 11.3 Å². The molecule has 128 valence electrons. The molecule has 1 saturated carbocycles. The van der Waals surface area contributed by atoms with Gasteiger partial charge in [-0.15, -0.1) is 10.2 Å². The second kappa shape index (κ2) is 6.40. The van der Waals surface area contributed by atoms with Crippen LogP contribution in [0.1, 0.15) is 11.4 Å². The number of benzene rings is 1. The van der Waals surface area contributed by atoms with Crippen LogP contribution in [0.3, 0.4) is 0 Å². The van der Waals surface area contributed by atoms with Gasteiger partial charge in [-0.2, -0.15) is 0 Å². The van der Waals surface area contributed by atoms with Crippen molar-refractivity contribution in [3.63, 3.8) is 0 Å². The lowest BCUT2D eigenvalue weighted by Gasteiger charge is -2.23. The van der Waals surface area contributed by atoms with E-state index in [2.05, 4.69) is 15.5 Å². The summed E-state index contributed by atoms with van der Waals surface area (Å²) in [6.07, 6.45) is 4.67. The van der Waals surface area contributed by atoms with Crippen LogP contribution in [-0.2, 0) is 16.1 Å². The van der Waals surface area contributed by atoms with Crippen molar-refractivity contribution in [3.8, 4) is 10.6 Å². The molecule has 2 aliphatic rings. The van der Waals surface area contributed by atoms with Crippen LogP contribution in [-0.4, -0.2) is 27.2 Å². The molecule has 1 heterocycles. The molecule has 2 bridgehead atoms. The van der Waals surface area contributed by atoms with Crippen LogP contribution >= 0.6 is 11.3 Å². The maximum Gasteiger partial charge on any atom is 0.307 e. The Kier molecular flexibility index (Phi) is 4.09. The van der Waals surface area contributed by atoms with Gasteiger partial charge in [0, 0.05) is 5.56 Å². The molecule has 0 aliphatic heterocycles. The number of fused-ring (bicyclic) bond motifs is 2. The number of carboxylic acid groups (broad SMARTS) is 1. The summed E-state index contributed by atoms with van der Waals surface area (Å²) in [5.74, 6) is -2.21. The van der Waals surface area contributed by atoms with Crippen LogP contribution in [0.4, 0.5) is 0 Å². The standard InChI is InChI=1S/C18H17N3O3S/c22-16(14-11-6-7-12(8-11)15(14)18(23)24)19-9-13-20-21-17(25-13)10-4-2-1-3-5-10/h1-7,11-12,14-15H,8-9H2,(H,19,22)(H,23,24). The van der Waals surface area contributed by atoms with Crippen molar-refractivity contribution in [1.29, 1.82) is 0 Å². The summed E-state index contributed by atoms with van der Waals surface area (Å²) >= 11 is 1.43. The Morgan fingerprint density at radius 2 is 1.84 bits per heavy atom. The largest absolute Gasteiger partial charge is 0.481 e. The Morgan fingerprint density at radius 3 is 2.56 bits per heavy atom. The Hall–Kier alpha value is -2.54. The summed E-state index contributed by atoms with van der Waals surface area (Å²) in [7, 11) is 0. The van der Waals surface area contributed by atoms with Gasteiger partial charge in [-0.05, 0) is 18.3 Å². The third kappa shape index (κ3) is 2.95. The average Bonchev–Trinajstić information content (AvgIpc) is 3.35. The monoisotopic (exact) mass is 355 g/mol. The number of nitrogens with one attached hydrogen (secondary N) is 1. The third-order valence-corrected chi connectivity index (χ3v) is 5.92. The number of aliphatic carboxylic acids is 1. The number of hydrogen-bond donors (Lipinski definition) is 2. The fraction of sp³-hybridized carbons (Fsp3) is 0.333. The minimum Gasteiger partial charge on any atom is -0.481 e. The molecule has 2 N–H and O–H groups in total. The molecule has 1 aromatic heterocycles.